The summed E-state index contributed by atoms with van der Waals surface area (Å²) in [5.41, 5.74) is 0.578. The highest BCUT2D eigenvalue weighted by atomic mass is 35.5. The Bertz CT molecular complexity index is 352. The largest absolute Gasteiger partial charge is 0.394 e. The predicted molar refractivity (Wildman–Crippen MR) is 61.0 cm³/mol. The summed E-state index contributed by atoms with van der Waals surface area (Å²) in [5, 5.41) is 9.83. The van der Waals surface area contributed by atoms with Gasteiger partial charge in [-0.3, -0.25) is 4.99 Å². The van der Waals surface area contributed by atoms with E-state index in [2.05, 4.69) is 4.99 Å². The Morgan fingerprint density at radius 2 is 1.86 bits per heavy atom. The van der Waals surface area contributed by atoms with Crippen molar-refractivity contribution < 1.29 is 5.11 Å². The second kappa shape index (κ2) is 5.56. The first kappa shape index (κ1) is 11.8. The van der Waals surface area contributed by atoms with Gasteiger partial charge in [-0.05, 0) is 12.1 Å². The van der Waals surface area contributed by atoms with Gasteiger partial charge >= 0.3 is 0 Å². The first-order chi connectivity index (χ1) is 6.66. The predicted octanol–water partition coefficient (Wildman–Crippen LogP) is 3.06. The summed E-state index contributed by atoms with van der Waals surface area (Å²) < 4.78 is 0. The Balaban J connectivity index is 3.00. The van der Waals surface area contributed by atoms with Gasteiger partial charge in [0.1, 0.15) is 0 Å². The number of aliphatic imine (C=N–C) groups is 1. The lowest BCUT2D eigenvalue weighted by atomic mass is 10.2. The van der Waals surface area contributed by atoms with E-state index in [0.29, 0.717) is 27.2 Å². The fourth-order valence-corrected chi connectivity index (χ4v) is 1.51. The van der Waals surface area contributed by atoms with Crippen molar-refractivity contribution in [1.82, 2.24) is 0 Å². The number of rotatable bonds is 3. The van der Waals surface area contributed by atoms with Crippen LogP contribution in [-0.4, -0.2) is 24.5 Å². The van der Waals surface area contributed by atoms with Crippen molar-refractivity contribution in [2.45, 2.75) is 0 Å². The molecule has 0 spiro atoms. The standard InChI is InChI=1S/C9H8Cl3NO/c10-7-1-2-8(11)9(12)6(7)5-13-3-4-14/h1-2,5,14H,3-4H2. The van der Waals surface area contributed by atoms with E-state index >= 15 is 0 Å². The van der Waals surface area contributed by atoms with Crippen molar-refractivity contribution in [2.24, 2.45) is 4.99 Å². The lowest BCUT2D eigenvalue weighted by Gasteiger charge is -2.02. The van der Waals surface area contributed by atoms with Crippen LogP contribution >= 0.6 is 34.8 Å². The van der Waals surface area contributed by atoms with E-state index in [0.717, 1.165) is 0 Å². The minimum atomic E-state index is -0.00764. The van der Waals surface area contributed by atoms with Gasteiger partial charge in [0.05, 0.1) is 28.2 Å². The van der Waals surface area contributed by atoms with Gasteiger partial charge in [0.25, 0.3) is 0 Å². The van der Waals surface area contributed by atoms with Crippen LogP contribution in [0.2, 0.25) is 15.1 Å². The van der Waals surface area contributed by atoms with E-state index in [9.17, 15) is 0 Å². The highest BCUT2D eigenvalue weighted by Gasteiger charge is 2.06. The van der Waals surface area contributed by atoms with Crippen LogP contribution in [-0.2, 0) is 0 Å². The molecule has 5 heteroatoms. The lowest BCUT2D eigenvalue weighted by molar-refractivity contribution is 0.307. The van der Waals surface area contributed by atoms with Crippen LogP contribution in [0.3, 0.4) is 0 Å². The van der Waals surface area contributed by atoms with E-state index in [-0.39, 0.29) is 6.61 Å². The number of halogens is 3. The van der Waals surface area contributed by atoms with Crippen LogP contribution in [0.1, 0.15) is 5.56 Å². The van der Waals surface area contributed by atoms with Crippen molar-refractivity contribution in [2.75, 3.05) is 13.2 Å². The zero-order chi connectivity index (χ0) is 10.6. The molecule has 2 nitrogen and oxygen atoms in total. The van der Waals surface area contributed by atoms with Gasteiger partial charge in [-0.2, -0.15) is 0 Å². The Labute approximate surface area is 97.1 Å². The smallest absolute Gasteiger partial charge is 0.0694 e. The summed E-state index contributed by atoms with van der Waals surface area (Å²) in [6.45, 7) is 0.311. The maximum atomic E-state index is 8.53. The second-order valence-electron chi connectivity index (χ2n) is 2.52. The van der Waals surface area contributed by atoms with Crippen LogP contribution in [0.4, 0.5) is 0 Å². The molecular weight excluding hydrogens is 244 g/mol. The van der Waals surface area contributed by atoms with Gasteiger partial charge in [-0.15, -0.1) is 0 Å². The molecule has 1 rings (SSSR count). The van der Waals surface area contributed by atoms with Crippen LogP contribution < -0.4 is 0 Å². The zero-order valence-corrected chi connectivity index (χ0v) is 9.44. The topological polar surface area (TPSA) is 32.6 Å². The maximum Gasteiger partial charge on any atom is 0.0694 e. The first-order valence-corrected chi connectivity index (χ1v) is 5.04. The molecule has 1 N–H and O–H groups in total. The van der Waals surface area contributed by atoms with E-state index in [1.165, 1.54) is 6.21 Å². The molecule has 0 fully saturated rings. The second-order valence-corrected chi connectivity index (χ2v) is 3.71. The minimum absolute atomic E-state index is 0.00764. The number of benzene rings is 1. The molecule has 0 heterocycles. The van der Waals surface area contributed by atoms with E-state index in [4.69, 9.17) is 39.9 Å². The molecule has 14 heavy (non-hydrogen) atoms. The molecule has 0 amide bonds. The molecular formula is C9H8Cl3NO. The van der Waals surface area contributed by atoms with Crippen molar-refractivity contribution >= 4 is 41.0 Å². The van der Waals surface area contributed by atoms with Crippen LogP contribution in [0.25, 0.3) is 0 Å². The molecule has 0 aliphatic carbocycles. The zero-order valence-electron chi connectivity index (χ0n) is 7.17. The molecule has 1 aromatic carbocycles. The van der Waals surface area contributed by atoms with Gasteiger partial charge < -0.3 is 5.11 Å². The quantitative estimate of drug-likeness (QED) is 0.651. The third-order valence-electron chi connectivity index (χ3n) is 1.53. The molecule has 0 aromatic heterocycles. The van der Waals surface area contributed by atoms with E-state index in [1.54, 1.807) is 12.1 Å². The van der Waals surface area contributed by atoms with Gasteiger partial charge in [0.2, 0.25) is 0 Å². The molecule has 0 atom stereocenters. The van der Waals surface area contributed by atoms with E-state index in [1.807, 2.05) is 0 Å². The molecule has 76 valence electrons. The number of aliphatic hydroxyl groups is 1. The molecule has 1 aromatic rings. The van der Waals surface area contributed by atoms with E-state index < -0.39 is 0 Å². The van der Waals surface area contributed by atoms with Crippen LogP contribution in [0.5, 0.6) is 0 Å². The van der Waals surface area contributed by atoms with Crippen molar-refractivity contribution in [3.63, 3.8) is 0 Å². The fraction of sp³-hybridized carbons (Fsp3) is 0.222. The van der Waals surface area contributed by atoms with Gasteiger partial charge in [0.15, 0.2) is 0 Å². The fourth-order valence-electron chi connectivity index (χ4n) is 0.875. The third-order valence-corrected chi connectivity index (χ3v) is 2.68. The number of hydrogen-bond acceptors (Lipinski definition) is 2. The molecule has 0 saturated heterocycles. The van der Waals surface area contributed by atoms with Gasteiger partial charge in [-0.25, -0.2) is 0 Å². The highest BCUT2D eigenvalue weighted by Crippen LogP contribution is 2.29. The molecule has 0 bridgehead atoms. The molecule has 0 aliphatic heterocycles. The molecule has 0 radical (unpaired) electrons. The van der Waals surface area contributed by atoms with Gasteiger partial charge in [0, 0.05) is 11.8 Å². The first-order valence-electron chi connectivity index (χ1n) is 3.91. The summed E-state index contributed by atoms with van der Waals surface area (Å²) in [6.07, 6.45) is 1.51. The van der Waals surface area contributed by atoms with Crippen LogP contribution in [0.15, 0.2) is 17.1 Å². The summed E-state index contributed by atoms with van der Waals surface area (Å²) >= 11 is 17.6. The Hall–Kier alpha value is -0.280. The highest BCUT2D eigenvalue weighted by molar-refractivity contribution is 6.45. The average molecular weight is 253 g/mol. The monoisotopic (exact) mass is 251 g/mol. The normalized spacial score (nSPS) is 11.1. The summed E-state index contributed by atoms with van der Waals surface area (Å²) in [7, 11) is 0. The Morgan fingerprint density at radius 1 is 1.21 bits per heavy atom. The third kappa shape index (κ3) is 2.85. The number of aliphatic hydroxyl groups excluding tert-OH is 1. The van der Waals surface area contributed by atoms with Crippen molar-refractivity contribution in [3.05, 3.63) is 32.8 Å². The molecule has 0 unspecified atom stereocenters. The number of hydrogen-bond donors (Lipinski definition) is 1. The Morgan fingerprint density at radius 3 is 2.50 bits per heavy atom. The van der Waals surface area contributed by atoms with Crippen molar-refractivity contribution in [3.8, 4) is 0 Å². The Kier molecular flexibility index (Phi) is 4.69. The van der Waals surface area contributed by atoms with Crippen molar-refractivity contribution in [1.29, 1.82) is 0 Å². The SMILES string of the molecule is OCCN=Cc1c(Cl)ccc(Cl)c1Cl. The maximum absolute atomic E-state index is 8.53. The van der Waals surface area contributed by atoms with Gasteiger partial charge in [-0.1, -0.05) is 34.8 Å². The lowest BCUT2D eigenvalue weighted by Crippen LogP contribution is -1.91. The minimum Gasteiger partial charge on any atom is -0.394 e. The molecule has 0 aliphatic rings. The average Bonchev–Trinajstić information content (AvgIpc) is 2.18. The summed E-state index contributed by atoms with van der Waals surface area (Å²) in [6, 6.07) is 3.27. The molecule has 0 saturated carbocycles. The van der Waals surface area contributed by atoms with Crippen LogP contribution in [0, 0.1) is 0 Å². The summed E-state index contributed by atoms with van der Waals surface area (Å²) in [4.78, 5) is 3.92. The number of nitrogens with zero attached hydrogens (tertiary/aromatic N) is 1. The summed E-state index contributed by atoms with van der Waals surface area (Å²) in [5.74, 6) is 0.